The summed E-state index contributed by atoms with van der Waals surface area (Å²) in [6, 6.07) is 8.10. The Bertz CT molecular complexity index is 1140. The van der Waals surface area contributed by atoms with E-state index in [1.165, 1.54) is 19.3 Å². The van der Waals surface area contributed by atoms with Crippen LogP contribution in [0.4, 0.5) is 0 Å². The minimum Gasteiger partial charge on any atom is -0.504 e. The molecule has 0 spiro atoms. The second-order valence-corrected chi connectivity index (χ2v) is 8.98. The van der Waals surface area contributed by atoms with Gasteiger partial charge in [-0.15, -0.1) is 0 Å². The van der Waals surface area contributed by atoms with E-state index >= 15 is 0 Å². The maximum absolute atomic E-state index is 12.8. The number of methoxy groups -OCH3 is 1. The molecule has 2 aromatic carbocycles. The highest BCUT2D eigenvalue weighted by molar-refractivity contribution is 5.89. The van der Waals surface area contributed by atoms with E-state index in [1.54, 1.807) is 18.2 Å². The van der Waals surface area contributed by atoms with Crippen LogP contribution in [0.1, 0.15) is 41.6 Å². The maximum atomic E-state index is 12.8. The Labute approximate surface area is 207 Å². The molecule has 0 fully saturated rings. The Morgan fingerprint density at radius 2 is 1.89 bits per heavy atom. The van der Waals surface area contributed by atoms with Crippen molar-refractivity contribution in [2.75, 3.05) is 20.3 Å². The van der Waals surface area contributed by atoms with E-state index in [0.717, 1.165) is 5.56 Å². The fourth-order valence-electron chi connectivity index (χ4n) is 4.60. The van der Waals surface area contributed by atoms with E-state index < -0.39 is 36.3 Å². The maximum Gasteiger partial charge on any atom is 0.333 e. The first kappa shape index (κ1) is 25.8. The van der Waals surface area contributed by atoms with Crippen molar-refractivity contribution in [3.05, 3.63) is 58.7 Å². The van der Waals surface area contributed by atoms with Crippen molar-refractivity contribution in [1.82, 2.24) is 0 Å². The summed E-state index contributed by atoms with van der Waals surface area (Å²) >= 11 is 0. The number of aromatic hydroxyl groups is 2. The van der Waals surface area contributed by atoms with Crippen molar-refractivity contribution in [2.24, 2.45) is 0 Å². The quantitative estimate of drug-likeness (QED) is 0.289. The molecule has 0 radical (unpaired) electrons. The Morgan fingerprint density at radius 1 is 1.11 bits per heavy atom. The summed E-state index contributed by atoms with van der Waals surface area (Å²) in [5, 5.41) is 59.4. The van der Waals surface area contributed by atoms with Crippen molar-refractivity contribution in [3.63, 3.8) is 0 Å². The number of aliphatic hydroxyl groups is 4. The minimum atomic E-state index is -1.39. The van der Waals surface area contributed by atoms with Crippen molar-refractivity contribution in [3.8, 4) is 23.0 Å². The number of aryl methyl sites for hydroxylation is 1. The standard InChI is InChI=1S/C26H30O10/c1-34-22-11-14(4-5-18(22)28)24-17(12-35-26(33)15-9-19(29)23(32)20(30)10-15)16-7-13(3-2-6-27)8-21(31)25(16)36-24/h4-5,7-9,11,17,19-20,23-24,27-32H,2-3,6,10,12H2,1H3. The molecule has 5 unspecified atom stereocenters. The number of esters is 1. The second kappa shape index (κ2) is 10.8. The summed E-state index contributed by atoms with van der Waals surface area (Å²) in [6.07, 6.45) is -2.75. The number of benzene rings is 2. The van der Waals surface area contributed by atoms with Crippen molar-refractivity contribution >= 4 is 5.97 Å². The van der Waals surface area contributed by atoms with Gasteiger partial charge in [-0.2, -0.15) is 0 Å². The molecule has 6 N–H and O–H groups in total. The number of carbonyl (C=O) groups excluding carboxylic acids is 1. The zero-order valence-corrected chi connectivity index (χ0v) is 19.7. The van der Waals surface area contributed by atoms with Crippen molar-refractivity contribution in [1.29, 1.82) is 0 Å². The van der Waals surface area contributed by atoms with Crippen LogP contribution in [0.5, 0.6) is 23.0 Å². The van der Waals surface area contributed by atoms with E-state index in [9.17, 15) is 35.4 Å². The molecule has 36 heavy (non-hydrogen) atoms. The average molecular weight is 503 g/mol. The molecule has 194 valence electrons. The molecule has 2 aromatic rings. The van der Waals surface area contributed by atoms with Gasteiger partial charge in [-0.25, -0.2) is 4.79 Å². The molecular formula is C26H30O10. The number of aliphatic hydroxyl groups excluding tert-OH is 4. The highest BCUT2D eigenvalue weighted by atomic mass is 16.5. The summed E-state index contributed by atoms with van der Waals surface area (Å²) in [5.74, 6) is -0.979. The van der Waals surface area contributed by atoms with Crippen LogP contribution in [-0.2, 0) is 16.0 Å². The van der Waals surface area contributed by atoms with Gasteiger partial charge in [-0.05, 0) is 48.2 Å². The largest absolute Gasteiger partial charge is 0.504 e. The number of ether oxygens (including phenoxy) is 3. The molecule has 2 aliphatic rings. The first-order valence-corrected chi connectivity index (χ1v) is 11.7. The predicted octanol–water partition coefficient (Wildman–Crippen LogP) is 1.20. The van der Waals surface area contributed by atoms with Crippen LogP contribution >= 0.6 is 0 Å². The van der Waals surface area contributed by atoms with E-state index in [2.05, 4.69) is 0 Å². The molecule has 0 saturated heterocycles. The van der Waals surface area contributed by atoms with E-state index in [0.29, 0.717) is 24.0 Å². The molecule has 1 heterocycles. The van der Waals surface area contributed by atoms with Gasteiger partial charge in [0.25, 0.3) is 0 Å². The lowest BCUT2D eigenvalue weighted by molar-refractivity contribution is -0.141. The smallest absolute Gasteiger partial charge is 0.333 e. The fraction of sp³-hybridized carbons (Fsp3) is 0.423. The molecule has 0 amide bonds. The van der Waals surface area contributed by atoms with Gasteiger partial charge in [-0.1, -0.05) is 12.1 Å². The fourth-order valence-corrected chi connectivity index (χ4v) is 4.60. The van der Waals surface area contributed by atoms with Gasteiger partial charge < -0.3 is 44.8 Å². The van der Waals surface area contributed by atoms with Crippen LogP contribution in [0, 0.1) is 0 Å². The molecule has 1 aliphatic carbocycles. The lowest BCUT2D eigenvalue weighted by atomic mass is 9.89. The molecule has 4 rings (SSSR count). The lowest BCUT2D eigenvalue weighted by Gasteiger charge is -2.27. The van der Waals surface area contributed by atoms with Gasteiger partial charge in [0.15, 0.2) is 23.0 Å². The molecule has 5 atom stereocenters. The molecule has 10 nitrogen and oxygen atoms in total. The number of fused-ring (bicyclic) bond motifs is 1. The molecular weight excluding hydrogens is 472 g/mol. The number of rotatable bonds is 8. The SMILES string of the molecule is COc1cc(C2Oc3c(O)cc(CCCO)cc3C2COC(=O)C2=CC(O)C(O)C(O)C2)ccc1O. The highest BCUT2D eigenvalue weighted by Crippen LogP contribution is 2.51. The summed E-state index contributed by atoms with van der Waals surface area (Å²) < 4.78 is 16.9. The van der Waals surface area contributed by atoms with Crippen molar-refractivity contribution < 1.29 is 49.6 Å². The van der Waals surface area contributed by atoms with Gasteiger partial charge in [0, 0.05) is 24.2 Å². The Morgan fingerprint density at radius 3 is 2.58 bits per heavy atom. The third kappa shape index (κ3) is 5.12. The molecule has 0 saturated carbocycles. The van der Waals surface area contributed by atoms with Crippen LogP contribution in [-0.4, -0.2) is 75.2 Å². The monoisotopic (exact) mass is 502 g/mol. The van der Waals surface area contributed by atoms with Gasteiger partial charge in [-0.3, -0.25) is 0 Å². The summed E-state index contributed by atoms with van der Waals surface area (Å²) in [6.45, 7) is -0.165. The average Bonchev–Trinajstić information content (AvgIpc) is 3.23. The summed E-state index contributed by atoms with van der Waals surface area (Å²) in [5.41, 5.74) is 2.05. The van der Waals surface area contributed by atoms with E-state index in [4.69, 9.17) is 14.2 Å². The number of phenolic OH excluding ortho intramolecular Hbond substituents is 2. The van der Waals surface area contributed by atoms with Crippen LogP contribution in [0.2, 0.25) is 0 Å². The topological polar surface area (TPSA) is 166 Å². The van der Waals surface area contributed by atoms with Gasteiger partial charge in [0.2, 0.25) is 0 Å². The van der Waals surface area contributed by atoms with Crippen LogP contribution in [0.3, 0.4) is 0 Å². The first-order chi connectivity index (χ1) is 17.2. The van der Waals surface area contributed by atoms with Gasteiger partial charge in [0.05, 0.1) is 19.1 Å². The Balaban J connectivity index is 1.64. The summed E-state index contributed by atoms with van der Waals surface area (Å²) in [7, 11) is 1.42. The number of phenols is 2. The minimum absolute atomic E-state index is 0.00712. The van der Waals surface area contributed by atoms with Gasteiger partial charge in [0.1, 0.15) is 24.9 Å². The number of carbonyl (C=O) groups is 1. The van der Waals surface area contributed by atoms with Crippen LogP contribution in [0.25, 0.3) is 0 Å². The van der Waals surface area contributed by atoms with Gasteiger partial charge >= 0.3 is 5.97 Å². The zero-order chi connectivity index (χ0) is 26.0. The number of hydrogen-bond acceptors (Lipinski definition) is 10. The van der Waals surface area contributed by atoms with E-state index in [-0.39, 0.29) is 48.2 Å². The molecule has 10 heteroatoms. The Hall–Kier alpha value is -3.31. The van der Waals surface area contributed by atoms with Crippen LogP contribution in [0.15, 0.2) is 42.0 Å². The van der Waals surface area contributed by atoms with Crippen molar-refractivity contribution in [2.45, 2.75) is 49.6 Å². The third-order valence-corrected chi connectivity index (χ3v) is 6.52. The molecule has 1 aliphatic heterocycles. The zero-order valence-electron chi connectivity index (χ0n) is 19.7. The second-order valence-electron chi connectivity index (χ2n) is 8.98. The predicted molar refractivity (Wildman–Crippen MR) is 126 cm³/mol. The Kier molecular flexibility index (Phi) is 7.70. The lowest BCUT2D eigenvalue weighted by Crippen LogP contribution is -2.41. The molecule has 0 bridgehead atoms. The normalized spacial score (nSPS) is 25.0. The first-order valence-electron chi connectivity index (χ1n) is 11.7. The number of hydrogen-bond donors (Lipinski definition) is 6. The third-order valence-electron chi connectivity index (χ3n) is 6.52. The van der Waals surface area contributed by atoms with E-state index in [1.807, 2.05) is 6.07 Å². The van der Waals surface area contributed by atoms with Crippen LogP contribution < -0.4 is 9.47 Å². The summed E-state index contributed by atoms with van der Waals surface area (Å²) in [4.78, 5) is 12.8. The highest BCUT2D eigenvalue weighted by Gasteiger charge is 2.40. The molecule has 0 aromatic heterocycles.